The standard InChI is InChI=1S/C19H24F2N2O2.ClH/c1-24-17-8-7-16(13-18(17)25-19(20)21)14-23(12-10-22)11-9-15-5-3-2-4-6-15;/h2-8,13,19H,9-12,14,22H2,1H3;1H. The molecular formula is C19H25ClF2N2O2. The number of nitrogens with two attached hydrogens (primary N) is 1. The highest BCUT2D eigenvalue weighted by atomic mass is 35.5. The van der Waals surface area contributed by atoms with E-state index in [2.05, 4.69) is 21.8 Å². The van der Waals surface area contributed by atoms with E-state index in [9.17, 15) is 8.78 Å². The Morgan fingerprint density at radius 2 is 1.73 bits per heavy atom. The van der Waals surface area contributed by atoms with Crippen LogP contribution in [0.1, 0.15) is 11.1 Å². The number of alkyl halides is 2. The Hall–Kier alpha value is -1.89. The summed E-state index contributed by atoms with van der Waals surface area (Å²) in [6.45, 7) is -0.191. The van der Waals surface area contributed by atoms with Gasteiger partial charge in [0.05, 0.1) is 7.11 Å². The molecule has 0 heterocycles. The second kappa shape index (κ2) is 11.7. The highest BCUT2D eigenvalue weighted by Gasteiger charge is 2.13. The molecule has 0 aliphatic carbocycles. The molecule has 2 rings (SSSR count). The van der Waals surface area contributed by atoms with E-state index in [4.69, 9.17) is 10.5 Å². The summed E-state index contributed by atoms with van der Waals surface area (Å²) >= 11 is 0. The normalized spacial score (nSPS) is 10.7. The maximum absolute atomic E-state index is 12.6. The second-order valence-corrected chi connectivity index (χ2v) is 5.66. The summed E-state index contributed by atoms with van der Waals surface area (Å²) < 4.78 is 34.7. The Morgan fingerprint density at radius 3 is 2.35 bits per heavy atom. The number of ether oxygens (including phenoxy) is 2. The Kier molecular flexibility index (Phi) is 9.95. The van der Waals surface area contributed by atoms with Crippen molar-refractivity contribution in [3.05, 3.63) is 59.7 Å². The van der Waals surface area contributed by atoms with Crippen LogP contribution in [0.25, 0.3) is 0 Å². The Labute approximate surface area is 159 Å². The highest BCUT2D eigenvalue weighted by Crippen LogP contribution is 2.30. The Balaban J connectivity index is 0.00000338. The minimum absolute atomic E-state index is 0. The van der Waals surface area contributed by atoms with Crippen LogP contribution in [0.5, 0.6) is 11.5 Å². The molecule has 0 aliphatic heterocycles. The van der Waals surface area contributed by atoms with Crippen molar-refractivity contribution in [3.8, 4) is 11.5 Å². The third kappa shape index (κ3) is 7.15. The Morgan fingerprint density at radius 1 is 1.00 bits per heavy atom. The van der Waals surface area contributed by atoms with Crippen LogP contribution in [0.4, 0.5) is 8.78 Å². The molecule has 0 aliphatic rings. The number of hydrogen-bond acceptors (Lipinski definition) is 4. The molecule has 2 aromatic carbocycles. The number of methoxy groups -OCH3 is 1. The zero-order chi connectivity index (χ0) is 18.1. The largest absolute Gasteiger partial charge is 0.493 e. The third-order valence-electron chi connectivity index (χ3n) is 3.86. The van der Waals surface area contributed by atoms with Gasteiger partial charge in [0.1, 0.15) is 0 Å². The molecule has 26 heavy (non-hydrogen) atoms. The van der Waals surface area contributed by atoms with Gasteiger partial charge in [0.25, 0.3) is 0 Å². The smallest absolute Gasteiger partial charge is 0.387 e. The lowest BCUT2D eigenvalue weighted by Crippen LogP contribution is -2.31. The van der Waals surface area contributed by atoms with Crippen LogP contribution in [0.15, 0.2) is 48.5 Å². The van der Waals surface area contributed by atoms with Crippen LogP contribution < -0.4 is 15.2 Å². The average Bonchev–Trinajstić information content (AvgIpc) is 2.60. The van der Waals surface area contributed by atoms with E-state index in [-0.39, 0.29) is 18.2 Å². The van der Waals surface area contributed by atoms with Gasteiger partial charge >= 0.3 is 6.61 Å². The first-order chi connectivity index (χ1) is 12.1. The maximum atomic E-state index is 12.6. The first-order valence-electron chi connectivity index (χ1n) is 8.20. The molecule has 0 spiro atoms. The van der Waals surface area contributed by atoms with Crippen molar-refractivity contribution < 1.29 is 18.3 Å². The van der Waals surface area contributed by atoms with Gasteiger partial charge in [0.2, 0.25) is 0 Å². The zero-order valence-electron chi connectivity index (χ0n) is 14.7. The third-order valence-corrected chi connectivity index (χ3v) is 3.86. The molecule has 0 saturated heterocycles. The predicted octanol–water partition coefficient (Wildman–Crippen LogP) is 3.72. The fourth-order valence-corrected chi connectivity index (χ4v) is 2.65. The first-order valence-corrected chi connectivity index (χ1v) is 8.20. The van der Waals surface area contributed by atoms with Gasteiger partial charge in [-0.15, -0.1) is 12.4 Å². The van der Waals surface area contributed by atoms with E-state index in [0.717, 1.165) is 25.1 Å². The minimum Gasteiger partial charge on any atom is -0.493 e. The fraction of sp³-hybridized carbons (Fsp3) is 0.368. The number of rotatable bonds is 10. The van der Waals surface area contributed by atoms with Crippen LogP contribution in [-0.4, -0.2) is 38.3 Å². The van der Waals surface area contributed by atoms with Gasteiger partial charge in [0.15, 0.2) is 11.5 Å². The first kappa shape index (κ1) is 22.2. The lowest BCUT2D eigenvalue weighted by molar-refractivity contribution is -0.0512. The molecule has 2 aromatic rings. The van der Waals surface area contributed by atoms with Gasteiger partial charge < -0.3 is 15.2 Å². The molecule has 0 bridgehead atoms. The molecule has 4 nitrogen and oxygen atoms in total. The van der Waals surface area contributed by atoms with Gasteiger partial charge in [-0.25, -0.2) is 0 Å². The minimum atomic E-state index is -2.89. The van der Waals surface area contributed by atoms with E-state index in [1.165, 1.54) is 12.7 Å². The van der Waals surface area contributed by atoms with Crippen molar-refractivity contribution in [2.24, 2.45) is 5.73 Å². The molecule has 0 atom stereocenters. The van der Waals surface area contributed by atoms with Gasteiger partial charge in [-0.05, 0) is 29.7 Å². The van der Waals surface area contributed by atoms with Gasteiger partial charge in [0, 0.05) is 26.2 Å². The van der Waals surface area contributed by atoms with Crippen molar-refractivity contribution >= 4 is 12.4 Å². The SMILES string of the molecule is COc1ccc(CN(CCN)CCc2ccccc2)cc1OC(F)F.Cl. The molecule has 7 heteroatoms. The molecule has 0 saturated carbocycles. The molecule has 144 valence electrons. The summed E-state index contributed by atoms with van der Waals surface area (Å²) in [5.41, 5.74) is 7.83. The number of halogens is 3. The molecule has 0 amide bonds. The molecule has 0 radical (unpaired) electrons. The summed E-state index contributed by atoms with van der Waals surface area (Å²) in [6, 6.07) is 15.3. The average molecular weight is 387 g/mol. The van der Waals surface area contributed by atoms with E-state index in [1.54, 1.807) is 12.1 Å². The van der Waals surface area contributed by atoms with Crippen molar-refractivity contribution in [2.75, 3.05) is 26.7 Å². The van der Waals surface area contributed by atoms with Gasteiger partial charge in [-0.3, -0.25) is 4.90 Å². The van der Waals surface area contributed by atoms with E-state index >= 15 is 0 Å². The number of hydrogen-bond donors (Lipinski definition) is 1. The van der Waals surface area contributed by atoms with E-state index in [0.29, 0.717) is 18.8 Å². The summed E-state index contributed by atoms with van der Waals surface area (Å²) in [6.07, 6.45) is 0.900. The highest BCUT2D eigenvalue weighted by molar-refractivity contribution is 5.85. The van der Waals surface area contributed by atoms with Crippen molar-refractivity contribution in [1.82, 2.24) is 4.90 Å². The monoisotopic (exact) mass is 386 g/mol. The fourth-order valence-electron chi connectivity index (χ4n) is 2.65. The van der Waals surface area contributed by atoms with Gasteiger partial charge in [-0.1, -0.05) is 36.4 Å². The predicted molar refractivity (Wildman–Crippen MR) is 101 cm³/mol. The summed E-state index contributed by atoms with van der Waals surface area (Å²) in [7, 11) is 1.42. The lowest BCUT2D eigenvalue weighted by atomic mass is 10.1. The van der Waals surface area contributed by atoms with Crippen molar-refractivity contribution in [3.63, 3.8) is 0 Å². The second-order valence-electron chi connectivity index (χ2n) is 5.66. The summed E-state index contributed by atoms with van der Waals surface area (Å²) in [5, 5.41) is 0. The van der Waals surface area contributed by atoms with Crippen LogP contribution >= 0.6 is 12.4 Å². The maximum Gasteiger partial charge on any atom is 0.387 e. The summed E-state index contributed by atoms with van der Waals surface area (Å²) in [5.74, 6) is 0.337. The molecule has 2 N–H and O–H groups in total. The van der Waals surface area contributed by atoms with Crippen LogP contribution in [-0.2, 0) is 13.0 Å². The molecular weight excluding hydrogens is 362 g/mol. The number of nitrogens with zero attached hydrogens (tertiary/aromatic N) is 1. The Bertz CT molecular complexity index is 645. The molecule has 0 unspecified atom stereocenters. The quantitative estimate of drug-likeness (QED) is 0.676. The van der Waals surface area contributed by atoms with Crippen LogP contribution in [0.3, 0.4) is 0 Å². The zero-order valence-corrected chi connectivity index (χ0v) is 15.6. The van der Waals surface area contributed by atoms with Crippen LogP contribution in [0, 0.1) is 0 Å². The van der Waals surface area contributed by atoms with Crippen molar-refractivity contribution in [2.45, 2.75) is 19.6 Å². The van der Waals surface area contributed by atoms with Gasteiger partial charge in [-0.2, -0.15) is 8.78 Å². The van der Waals surface area contributed by atoms with Crippen molar-refractivity contribution in [1.29, 1.82) is 0 Å². The van der Waals surface area contributed by atoms with E-state index in [1.807, 2.05) is 24.3 Å². The number of benzene rings is 2. The molecule has 0 fully saturated rings. The summed E-state index contributed by atoms with van der Waals surface area (Å²) in [4.78, 5) is 2.20. The van der Waals surface area contributed by atoms with E-state index < -0.39 is 6.61 Å². The lowest BCUT2D eigenvalue weighted by Gasteiger charge is -2.22. The topological polar surface area (TPSA) is 47.7 Å². The van der Waals surface area contributed by atoms with Crippen LogP contribution in [0.2, 0.25) is 0 Å². The molecule has 0 aromatic heterocycles.